The number of fused-ring (bicyclic) bond motifs is 1. The van der Waals surface area contributed by atoms with Gasteiger partial charge in [0.1, 0.15) is 6.54 Å². The Morgan fingerprint density at radius 1 is 1.47 bits per heavy atom. The highest BCUT2D eigenvalue weighted by atomic mass is 79.9. The van der Waals surface area contributed by atoms with Crippen molar-refractivity contribution in [2.45, 2.75) is 13.0 Å². The number of aryl methyl sites for hydroxylation is 1. The van der Waals surface area contributed by atoms with Crippen LogP contribution in [-0.4, -0.2) is 38.0 Å². The van der Waals surface area contributed by atoms with Crippen molar-refractivity contribution in [3.63, 3.8) is 0 Å². The van der Waals surface area contributed by atoms with Crippen LogP contribution in [0.2, 0.25) is 0 Å². The molecule has 0 aromatic carbocycles. The standard InChI is InChI=1S/C12H13BrN4O2/c1-15-11-9(5-8(13)6-14-11)17(12(15)19)7-10(18)16-3-2-4-16/h5-6H,2-4,7H2,1H3. The Balaban J connectivity index is 2.06. The van der Waals surface area contributed by atoms with Crippen LogP contribution in [0.15, 0.2) is 21.5 Å². The fraction of sp³-hybridized carbons (Fsp3) is 0.417. The van der Waals surface area contributed by atoms with Crippen LogP contribution >= 0.6 is 15.9 Å². The molecule has 1 amide bonds. The van der Waals surface area contributed by atoms with Crippen LogP contribution in [-0.2, 0) is 18.4 Å². The molecule has 1 fully saturated rings. The fourth-order valence-corrected chi connectivity index (χ4v) is 2.53. The van der Waals surface area contributed by atoms with Crippen molar-refractivity contribution in [2.75, 3.05) is 13.1 Å². The molecule has 2 aromatic heterocycles. The van der Waals surface area contributed by atoms with E-state index in [0.717, 1.165) is 24.0 Å². The quantitative estimate of drug-likeness (QED) is 0.818. The van der Waals surface area contributed by atoms with Gasteiger partial charge >= 0.3 is 5.69 Å². The zero-order valence-corrected chi connectivity index (χ0v) is 12.1. The molecular weight excluding hydrogens is 312 g/mol. The Morgan fingerprint density at radius 2 is 2.21 bits per heavy atom. The lowest BCUT2D eigenvalue weighted by Crippen LogP contribution is -2.44. The van der Waals surface area contributed by atoms with Gasteiger partial charge in [0.05, 0.1) is 5.52 Å². The molecule has 1 aliphatic heterocycles. The third kappa shape index (κ3) is 1.98. The summed E-state index contributed by atoms with van der Waals surface area (Å²) < 4.78 is 3.73. The second-order valence-electron chi connectivity index (χ2n) is 4.66. The van der Waals surface area contributed by atoms with E-state index in [4.69, 9.17) is 0 Å². The zero-order valence-electron chi connectivity index (χ0n) is 10.5. The molecule has 0 unspecified atom stereocenters. The number of carbonyl (C=O) groups excluding carboxylic acids is 1. The average Bonchev–Trinajstić information content (AvgIpc) is 2.52. The van der Waals surface area contributed by atoms with Crippen LogP contribution in [0.5, 0.6) is 0 Å². The Bertz CT molecular complexity index is 714. The van der Waals surface area contributed by atoms with Gasteiger partial charge < -0.3 is 4.90 Å². The molecule has 1 saturated heterocycles. The molecule has 7 heteroatoms. The van der Waals surface area contributed by atoms with E-state index in [1.54, 1.807) is 18.1 Å². The maximum Gasteiger partial charge on any atom is 0.330 e. The van der Waals surface area contributed by atoms with Gasteiger partial charge in [-0.3, -0.25) is 13.9 Å². The largest absolute Gasteiger partial charge is 0.341 e. The molecule has 6 nitrogen and oxygen atoms in total. The molecule has 0 atom stereocenters. The molecular formula is C12H13BrN4O2. The number of halogens is 1. The predicted octanol–water partition coefficient (Wildman–Crippen LogP) is 0.730. The number of hydrogen-bond donors (Lipinski definition) is 0. The van der Waals surface area contributed by atoms with Crippen molar-refractivity contribution in [3.05, 3.63) is 27.2 Å². The normalized spacial score (nSPS) is 14.7. The Labute approximate surface area is 117 Å². The van der Waals surface area contributed by atoms with Crippen LogP contribution in [0.25, 0.3) is 11.2 Å². The number of imidazole rings is 1. The number of nitrogens with zero attached hydrogens (tertiary/aromatic N) is 4. The first-order valence-corrected chi connectivity index (χ1v) is 6.86. The van der Waals surface area contributed by atoms with E-state index in [1.165, 1.54) is 9.13 Å². The van der Waals surface area contributed by atoms with Crippen LogP contribution in [0.3, 0.4) is 0 Å². The van der Waals surface area contributed by atoms with Gasteiger partial charge in [-0.05, 0) is 28.4 Å². The third-order valence-corrected chi connectivity index (χ3v) is 3.88. The molecule has 3 heterocycles. The van der Waals surface area contributed by atoms with Gasteiger partial charge in [-0.15, -0.1) is 0 Å². The van der Waals surface area contributed by atoms with Crippen molar-refractivity contribution >= 4 is 33.0 Å². The van der Waals surface area contributed by atoms with Crippen molar-refractivity contribution in [3.8, 4) is 0 Å². The SMILES string of the molecule is Cn1c(=O)n(CC(=O)N2CCC2)c2cc(Br)cnc21. The molecule has 19 heavy (non-hydrogen) atoms. The van der Waals surface area contributed by atoms with Crippen LogP contribution in [0, 0.1) is 0 Å². The fourth-order valence-electron chi connectivity index (χ4n) is 2.21. The van der Waals surface area contributed by atoms with E-state index in [2.05, 4.69) is 20.9 Å². The number of aromatic nitrogens is 3. The summed E-state index contributed by atoms with van der Waals surface area (Å²) in [6.07, 6.45) is 2.69. The topological polar surface area (TPSA) is 60.1 Å². The van der Waals surface area contributed by atoms with Crippen molar-refractivity contribution in [1.29, 1.82) is 0 Å². The lowest BCUT2D eigenvalue weighted by Gasteiger charge is -2.30. The van der Waals surface area contributed by atoms with E-state index in [1.807, 2.05) is 6.07 Å². The van der Waals surface area contributed by atoms with Crippen LogP contribution < -0.4 is 5.69 Å². The maximum absolute atomic E-state index is 12.2. The van der Waals surface area contributed by atoms with Gasteiger partial charge in [-0.25, -0.2) is 9.78 Å². The molecule has 0 radical (unpaired) electrons. The van der Waals surface area contributed by atoms with Gasteiger partial charge in [0, 0.05) is 30.8 Å². The van der Waals surface area contributed by atoms with Gasteiger partial charge in [0.15, 0.2) is 5.65 Å². The summed E-state index contributed by atoms with van der Waals surface area (Å²) in [6, 6.07) is 1.81. The second-order valence-corrected chi connectivity index (χ2v) is 5.57. The minimum Gasteiger partial charge on any atom is -0.341 e. The Hall–Kier alpha value is -1.63. The van der Waals surface area contributed by atoms with E-state index >= 15 is 0 Å². The van der Waals surface area contributed by atoms with Crippen LogP contribution in [0.1, 0.15) is 6.42 Å². The minimum atomic E-state index is -0.213. The van der Waals surface area contributed by atoms with Gasteiger partial charge in [0.2, 0.25) is 5.91 Å². The molecule has 3 rings (SSSR count). The number of amides is 1. The summed E-state index contributed by atoms with van der Waals surface area (Å²) in [4.78, 5) is 30.2. The lowest BCUT2D eigenvalue weighted by atomic mass is 10.2. The van der Waals surface area contributed by atoms with Crippen LogP contribution in [0.4, 0.5) is 0 Å². The zero-order chi connectivity index (χ0) is 13.6. The maximum atomic E-state index is 12.2. The highest BCUT2D eigenvalue weighted by molar-refractivity contribution is 9.10. The first-order chi connectivity index (χ1) is 9.08. The lowest BCUT2D eigenvalue weighted by molar-refractivity contribution is -0.135. The van der Waals surface area contributed by atoms with Crippen molar-refractivity contribution in [1.82, 2.24) is 19.0 Å². The van der Waals surface area contributed by atoms with Gasteiger partial charge in [0.25, 0.3) is 0 Å². The van der Waals surface area contributed by atoms with E-state index < -0.39 is 0 Å². The first kappa shape index (κ1) is 12.4. The molecule has 0 bridgehead atoms. The van der Waals surface area contributed by atoms with Gasteiger partial charge in [-0.1, -0.05) is 0 Å². The third-order valence-electron chi connectivity index (χ3n) is 3.44. The highest BCUT2D eigenvalue weighted by Crippen LogP contribution is 2.16. The molecule has 1 aliphatic rings. The van der Waals surface area contributed by atoms with E-state index in [9.17, 15) is 9.59 Å². The number of pyridine rings is 1. The molecule has 100 valence electrons. The molecule has 0 N–H and O–H groups in total. The predicted molar refractivity (Wildman–Crippen MR) is 73.9 cm³/mol. The number of likely N-dealkylation sites (tertiary alicyclic amines) is 1. The highest BCUT2D eigenvalue weighted by Gasteiger charge is 2.22. The Kier molecular flexibility index (Phi) is 2.93. The second kappa shape index (κ2) is 4.48. The number of carbonyl (C=O) groups is 1. The summed E-state index contributed by atoms with van der Waals surface area (Å²) in [5.74, 6) is -0.0131. The molecule has 0 spiro atoms. The molecule has 0 saturated carbocycles. The summed E-state index contributed by atoms with van der Waals surface area (Å²) in [6.45, 7) is 1.66. The van der Waals surface area contributed by atoms with Crippen molar-refractivity contribution < 1.29 is 4.79 Å². The first-order valence-electron chi connectivity index (χ1n) is 6.06. The monoisotopic (exact) mass is 324 g/mol. The van der Waals surface area contributed by atoms with E-state index in [0.29, 0.717) is 11.2 Å². The summed E-state index contributed by atoms with van der Waals surface area (Å²) in [5.41, 5.74) is 1.05. The number of rotatable bonds is 2. The van der Waals surface area contributed by atoms with E-state index in [-0.39, 0.29) is 18.1 Å². The minimum absolute atomic E-state index is 0.0131. The number of hydrogen-bond acceptors (Lipinski definition) is 3. The van der Waals surface area contributed by atoms with Crippen molar-refractivity contribution in [2.24, 2.45) is 7.05 Å². The summed E-state index contributed by atoms with van der Waals surface area (Å²) in [5, 5.41) is 0. The molecule has 0 aliphatic carbocycles. The summed E-state index contributed by atoms with van der Waals surface area (Å²) >= 11 is 3.34. The Morgan fingerprint density at radius 3 is 2.84 bits per heavy atom. The molecule has 2 aromatic rings. The smallest absolute Gasteiger partial charge is 0.330 e. The average molecular weight is 325 g/mol. The summed E-state index contributed by atoms with van der Waals surface area (Å²) in [7, 11) is 1.66. The van der Waals surface area contributed by atoms with Gasteiger partial charge in [-0.2, -0.15) is 0 Å².